The molecule has 118 valence electrons. The lowest BCUT2D eigenvalue weighted by atomic mass is 10.1. The number of hydrogen-bond donors (Lipinski definition) is 0. The van der Waals surface area contributed by atoms with E-state index in [1.807, 2.05) is 36.4 Å². The highest BCUT2D eigenvalue weighted by molar-refractivity contribution is 5.56. The largest absolute Gasteiger partial charge is 0.246 e. The molecule has 3 rings (SSSR count). The fourth-order valence-electron chi connectivity index (χ4n) is 2.21. The van der Waals surface area contributed by atoms with Crippen molar-refractivity contribution in [1.82, 2.24) is 9.97 Å². The van der Waals surface area contributed by atoms with Crippen LogP contribution < -0.4 is 0 Å². The first-order valence-electron chi connectivity index (χ1n) is 7.78. The van der Waals surface area contributed by atoms with E-state index in [1.54, 1.807) is 24.5 Å². The monoisotopic (exact) mass is 328 g/mol. The van der Waals surface area contributed by atoms with Crippen molar-refractivity contribution < 1.29 is 0 Å². The lowest BCUT2D eigenvalue weighted by molar-refractivity contribution is 1.27. The first kappa shape index (κ1) is 16.6. The predicted molar refractivity (Wildman–Crippen MR) is 103 cm³/mol. The second-order valence-electron chi connectivity index (χ2n) is 5.13. The zero-order valence-corrected chi connectivity index (χ0v) is 13.8. The highest BCUT2D eigenvalue weighted by Crippen LogP contribution is 2.09. The molecule has 0 fully saturated rings. The summed E-state index contributed by atoms with van der Waals surface area (Å²) in [6.45, 7) is 0. The average Bonchev–Trinajstić information content (AvgIpc) is 2.71. The molecule has 0 amide bonds. The van der Waals surface area contributed by atoms with E-state index < -0.39 is 0 Å². The normalized spacial score (nSPS) is 8.85. The van der Waals surface area contributed by atoms with E-state index in [9.17, 15) is 0 Å². The van der Waals surface area contributed by atoms with Gasteiger partial charge < -0.3 is 0 Å². The molecule has 2 heteroatoms. The van der Waals surface area contributed by atoms with Gasteiger partial charge in [-0.1, -0.05) is 35.8 Å². The van der Waals surface area contributed by atoms with Gasteiger partial charge in [-0.3, -0.25) is 0 Å². The quantitative estimate of drug-likeness (QED) is 0.592. The van der Waals surface area contributed by atoms with E-state index in [4.69, 9.17) is 12.8 Å². The molecule has 2 aromatic heterocycles. The van der Waals surface area contributed by atoms with Gasteiger partial charge in [-0.05, 0) is 48.2 Å². The lowest BCUT2D eigenvalue weighted by Gasteiger charge is -1.97. The number of nitrogens with zero attached hydrogens (tertiary/aromatic N) is 2. The van der Waals surface area contributed by atoms with E-state index in [-0.39, 0.29) is 0 Å². The Bertz CT molecular complexity index is 1070. The molecule has 2 heterocycles. The van der Waals surface area contributed by atoms with Crippen LogP contribution in [-0.2, 0) is 0 Å². The van der Waals surface area contributed by atoms with Crippen molar-refractivity contribution in [1.29, 1.82) is 0 Å². The Morgan fingerprint density at radius 1 is 0.538 bits per heavy atom. The van der Waals surface area contributed by atoms with Crippen molar-refractivity contribution in [2.45, 2.75) is 0 Å². The first-order valence-corrected chi connectivity index (χ1v) is 7.78. The van der Waals surface area contributed by atoms with Crippen LogP contribution in [0.5, 0.6) is 0 Å². The SMILES string of the molecule is C#Cc1ncccc1C#Cc1ccccc1C#Cc1cccnc1C#C. The van der Waals surface area contributed by atoms with Gasteiger partial charge in [-0.25, -0.2) is 9.97 Å². The summed E-state index contributed by atoms with van der Waals surface area (Å²) in [6, 6.07) is 15.0. The maximum Gasteiger partial charge on any atom is 0.128 e. The van der Waals surface area contributed by atoms with E-state index in [0.29, 0.717) is 22.5 Å². The summed E-state index contributed by atoms with van der Waals surface area (Å²) < 4.78 is 0. The predicted octanol–water partition coefficient (Wildman–Crippen LogP) is 3.24. The molecule has 0 saturated heterocycles. The molecule has 0 radical (unpaired) electrons. The van der Waals surface area contributed by atoms with Crippen LogP contribution >= 0.6 is 0 Å². The molecule has 0 aliphatic carbocycles. The second-order valence-corrected chi connectivity index (χ2v) is 5.13. The molecule has 0 N–H and O–H groups in total. The van der Waals surface area contributed by atoms with Crippen LogP contribution in [0.15, 0.2) is 60.9 Å². The number of terminal acetylenes is 2. The van der Waals surface area contributed by atoms with Gasteiger partial charge in [-0.2, -0.15) is 0 Å². The summed E-state index contributed by atoms with van der Waals surface area (Å²) in [5.74, 6) is 17.5. The molecule has 0 spiro atoms. The van der Waals surface area contributed by atoms with Crippen molar-refractivity contribution >= 4 is 0 Å². The van der Waals surface area contributed by atoms with Crippen LogP contribution in [0, 0.1) is 48.4 Å². The number of pyridine rings is 2. The third kappa shape index (κ3) is 3.80. The van der Waals surface area contributed by atoms with Crippen LogP contribution in [0.4, 0.5) is 0 Å². The van der Waals surface area contributed by atoms with Crippen LogP contribution in [-0.4, -0.2) is 9.97 Å². The Kier molecular flexibility index (Phi) is 5.13. The molecule has 1 aromatic carbocycles. The van der Waals surface area contributed by atoms with Gasteiger partial charge in [0, 0.05) is 23.5 Å². The Balaban J connectivity index is 2.00. The molecular weight excluding hydrogens is 316 g/mol. The maximum absolute atomic E-state index is 5.46. The van der Waals surface area contributed by atoms with Gasteiger partial charge in [0.2, 0.25) is 0 Å². The summed E-state index contributed by atoms with van der Waals surface area (Å²) in [5.41, 5.74) is 4.07. The average molecular weight is 328 g/mol. The van der Waals surface area contributed by atoms with Crippen molar-refractivity contribution in [2.75, 3.05) is 0 Å². The smallest absolute Gasteiger partial charge is 0.128 e. The summed E-state index contributed by atoms with van der Waals surface area (Å²) in [5, 5.41) is 0. The van der Waals surface area contributed by atoms with Crippen molar-refractivity contribution in [2.24, 2.45) is 0 Å². The Hall–Kier alpha value is -4.24. The van der Waals surface area contributed by atoms with Gasteiger partial charge in [0.15, 0.2) is 0 Å². The van der Waals surface area contributed by atoms with Crippen LogP contribution in [0.1, 0.15) is 33.6 Å². The van der Waals surface area contributed by atoms with Crippen LogP contribution in [0.2, 0.25) is 0 Å². The van der Waals surface area contributed by atoms with E-state index >= 15 is 0 Å². The Morgan fingerprint density at radius 3 is 1.35 bits per heavy atom. The fourth-order valence-corrected chi connectivity index (χ4v) is 2.21. The Morgan fingerprint density at radius 2 is 0.923 bits per heavy atom. The van der Waals surface area contributed by atoms with Gasteiger partial charge in [0.1, 0.15) is 11.4 Å². The summed E-state index contributed by atoms with van der Waals surface area (Å²) >= 11 is 0. The van der Waals surface area contributed by atoms with Crippen molar-refractivity contribution in [3.8, 4) is 48.4 Å². The Labute approximate surface area is 153 Å². The van der Waals surface area contributed by atoms with Gasteiger partial charge in [0.05, 0.1) is 11.1 Å². The van der Waals surface area contributed by atoms with Crippen LogP contribution in [0.25, 0.3) is 0 Å². The minimum atomic E-state index is 0.526. The zero-order chi connectivity index (χ0) is 18.2. The summed E-state index contributed by atoms with van der Waals surface area (Å²) in [6.07, 6.45) is 14.2. The van der Waals surface area contributed by atoms with E-state index in [1.165, 1.54) is 0 Å². The molecule has 0 unspecified atom stereocenters. The third-order valence-electron chi connectivity index (χ3n) is 3.48. The fraction of sp³-hybridized carbons (Fsp3) is 0. The molecule has 0 saturated carbocycles. The maximum atomic E-state index is 5.46. The minimum Gasteiger partial charge on any atom is -0.246 e. The minimum absolute atomic E-state index is 0.526. The third-order valence-corrected chi connectivity index (χ3v) is 3.48. The molecular formula is C24H12N2. The summed E-state index contributed by atoms with van der Waals surface area (Å²) in [7, 11) is 0. The van der Waals surface area contributed by atoms with Crippen molar-refractivity contribution in [3.05, 3.63) is 94.6 Å². The lowest BCUT2D eigenvalue weighted by Crippen LogP contribution is -1.89. The van der Waals surface area contributed by atoms with E-state index in [0.717, 1.165) is 11.1 Å². The zero-order valence-electron chi connectivity index (χ0n) is 13.8. The molecule has 0 aliphatic rings. The van der Waals surface area contributed by atoms with Gasteiger partial charge in [0.25, 0.3) is 0 Å². The van der Waals surface area contributed by atoms with Crippen LogP contribution in [0.3, 0.4) is 0 Å². The molecule has 0 bridgehead atoms. The number of benzene rings is 1. The van der Waals surface area contributed by atoms with Gasteiger partial charge in [-0.15, -0.1) is 12.8 Å². The summed E-state index contributed by atoms with van der Waals surface area (Å²) in [4.78, 5) is 8.27. The second kappa shape index (κ2) is 8.04. The number of hydrogen-bond acceptors (Lipinski definition) is 2. The van der Waals surface area contributed by atoms with Gasteiger partial charge >= 0.3 is 0 Å². The molecule has 2 nitrogen and oxygen atoms in total. The van der Waals surface area contributed by atoms with Crippen molar-refractivity contribution in [3.63, 3.8) is 0 Å². The standard InChI is InChI=1S/C24H12N2/c1-3-23-21(11-7-17-25-23)15-13-19-9-5-6-10-20(19)14-16-22-12-8-18-26-24(22)4-2/h1-2,5-12,17-18H. The first-order chi connectivity index (χ1) is 12.8. The molecule has 3 aromatic rings. The number of rotatable bonds is 0. The molecule has 0 aliphatic heterocycles. The highest BCUT2D eigenvalue weighted by atomic mass is 14.7. The topological polar surface area (TPSA) is 25.8 Å². The highest BCUT2D eigenvalue weighted by Gasteiger charge is 1.99. The number of aromatic nitrogens is 2. The molecule has 0 atom stereocenters. The van der Waals surface area contributed by atoms with E-state index in [2.05, 4.69) is 45.5 Å². The molecule has 26 heavy (non-hydrogen) atoms.